The lowest BCUT2D eigenvalue weighted by molar-refractivity contribution is 0.0601. The second-order valence-corrected chi connectivity index (χ2v) is 11.1. The molecular formula is C23H30N2O5S2. The average Bonchev–Trinajstić information content (AvgIpc) is 3.07. The van der Waals surface area contributed by atoms with Crippen LogP contribution in [0.3, 0.4) is 0 Å². The van der Waals surface area contributed by atoms with Crippen molar-refractivity contribution in [3.8, 4) is 0 Å². The summed E-state index contributed by atoms with van der Waals surface area (Å²) >= 11 is 1.30. The number of rotatable bonds is 7. The summed E-state index contributed by atoms with van der Waals surface area (Å²) in [7, 11) is -2.34. The minimum atomic E-state index is -3.63. The maximum Gasteiger partial charge on any atom is 0.341 e. The number of amides is 1. The number of hydrogen-bond donors (Lipinski definition) is 1. The largest absolute Gasteiger partial charge is 0.465 e. The molecule has 2 aromatic rings. The number of nitrogens with zero attached hydrogens (tertiary/aromatic N) is 1. The lowest BCUT2D eigenvalue weighted by Gasteiger charge is -2.32. The Labute approximate surface area is 193 Å². The molecule has 9 heteroatoms. The van der Waals surface area contributed by atoms with Crippen LogP contribution in [0.1, 0.15) is 70.2 Å². The molecule has 1 aliphatic carbocycles. The molecule has 0 aliphatic heterocycles. The second-order valence-electron chi connectivity index (χ2n) is 7.96. The Morgan fingerprint density at radius 1 is 1.12 bits per heavy atom. The molecule has 0 atom stereocenters. The molecule has 1 fully saturated rings. The first-order chi connectivity index (χ1) is 15.2. The van der Waals surface area contributed by atoms with Crippen molar-refractivity contribution < 1.29 is 22.7 Å². The highest BCUT2D eigenvalue weighted by Gasteiger charge is 2.31. The fraction of sp³-hybridized carbons (Fsp3) is 0.478. The summed E-state index contributed by atoms with van der Waals surface area (Å²) in [6.07, 6.45) is 5.01. The molecule has 1 aromatic heterocycles. The molecule has 0 radical (unpaired) electrons. The third kappa shape index (κ3) is 4.89. The average molecular weight is 479 g/mol. The molecule has 1 amide bonds. The summed E-state index contributed by atoms with van der Waals surface area (Å²) in [5.74, 6) is -0.925. The highest BCUT2D eigenvalue weighted by Crippen LogP contribution is 2.33. The summed E-state index contributed by atoms with van der Waals surface area (Å²) < 4.78 is 32.8. The Morgan fingerprint density at radius 2 is 1.75 bits per heavy atom. The molecule has 0 saturated heterocycles. The van der Waals surface area contributed by atoms with Crippen molar-refractivity contribution in [3.63, 3.8) is 0 Å². The SMILES string of the molecule is CCN(C1CCCCC1)S(=O)(=O)c1ccc(C(=O)Nc2sc(C)c(C)c2C(=O)OC)cc1. The van der Waals surface area contributed by atoms with Crippen LogP contribution >= 0.6 is 11.3 Å². The molecule has 1 aromatic carbocycles. The van der Waals surface area contributed by atoms with Gasteiger partial charge < -0.3 is 10.1 Å². The lowest BCUT2D eigenvalue weighted by Crippen LogP contribution is -2.41. The number of nitrogens with one attached hydrogen (secondary N) is 1. The van der Waals surface area contributed by atoms with Gasteiger partial charge in [0.15, 0.2) is 0 Å². The molecule has 0 spiro atoms. The highest BCUT2D eigenvalue weighted by atomic mass is 32.2. The van der Waals surface area contributed by atoms with Crippen molar-refractivity contribution in [2.75, 3.05) is 19.0 Å². The van der Waals surface area contributed by atoms with Gasteiger partial charge in [0.05, 0.1) is 17.6 Å². The van der Waals surface area contributed by atoms with E-state index in [2.05, 4.69) is 5.32 Å². The molecule has 3 rings (SSSR count). The molecule has 32 heavy (non-hydrogen) atoms. The van der Waals surface area contributed by atoms with Crippen molar-refractivity contribution in [2.45, 2.75) is 63.8 Å². The van der Waals surface area contributed by atoms with Crippen LogP contribution in [0.15, 0.2) is 29.2 Å². The van der Waals surface area contributed by atoms with Gasteiger partial charge in [-0.25, -0.2) is 13.2 Å². The molecule has 0 bridgehead atoms. The van der Waals surface area contributed by atoms with E-state index in [1.807, 2.05) is 13.8 Å². The highest BCUT2D eigenvalue weighted by molar-refractivity contribution is 7.89. The van der Waals surface area contributed by atoms with E-state index in [0.717, 1.165) is 42.5 Å². The number of esters is 1. The molecule has 0 unspecified atom stereocenters. The van der Waals surface area contributed by atoms with Crippen molar-refractivity contribution in [3.05, 3.63) is 45.8 Å². The van der Waals surface area contributed by atoms with Crippen LogP contribution in [-0.4, -0.2) is 44.3 Å². The first-order valence-electron chi connectivity index (χ1n) is 10.8. The van der Waals surface area contributed by atoms with Crippen LogP contribution in [0.25, 0.3) is 0 Å². The molecule has 174 valence electrons. The summed E-state index contributed by atoms with van der Waals surface area (Å²) in [5.41, 5.74) is 1.42. The molecule has 1 heterocycles. The zero-order valence-corrected chi connectivity index (χ0v) is 20.6. The zero-order valence-electron chi connectivity index (χ0n) is 18.9. The third-order valence-electron chi connectivity index (χ3n) is 6.02. The van der Waals surface area contributed by atoms with E-state index in [1.165, 1.54) is 42.7 Å². The van der Waals surface area contributed by atoms with E-state index in [-0.39, 0.29) is 10.9 Å². The first-order valence-corrected chi connectivity index (χ1v) is 13.1. The molecule has 7 nitrogen and oxygen atoms in total. The van der Waals surface area contributed by atoms with E-state index < -0.39 is 21.9 Å². The first kappa shape index (κ1) is 24.4. The van der Waals surface area contributed by atoms with Gasteiger partial charge in [0.2, 0.25) is 10.0 Å². The smallest absolute Gasteiger partial charge is 0.341 e. The number of sulfonamides is 1. The molecule has 1 N–H and O–H groups in total. The minimum Gasteiger partial charge on any atom is -0.465 e. The van der Waals surface area contributed by atoms with E-state index in [9.17, 15) is 18.0 Å². The monoisotopic (exact) mass is 478 g/mol. The number of methoxy groups -OCH3 is 1. The minimum absolute atomic E-state index is 0.0313. The molecule has 1 saturated carbocycles. The topological polar surface area (TPSA) is 92.8 Å². The lowest BCUT2D eigenvalue weighted by atomic mass is 9.95. The van der Waals surface area contributed by atoms with Gasteiger partial charge in [-0.3, -0.25) is 4.79 Å². The number of thiophene rings is 1. The predicted octanol–water partition coefficient (Wildman–Crippen LogP) is 4.75. The van der Waals surface area contributed by atoms with Gasteiger partial charge in [0.1, 0.15) is 5.00 Å². The van der Waals surface area contributed by atoms with E-state index in [0.29, 0.717) is 22.7 Å². The maximum absolute atomic E-state index is 13.2. The number of carbonyl (C=O) groups is 2. The summed E-state index contributed by atoms with van der Waals surface area (Å²) in [5, 5.41) is 3.19. The van der Waals surface area contributed by atoms with Gasteiger partial charge in [-0.15, -0.1) is 11.3 Å². The van der Waals surface area contributed by atoms with Crippen LogP contribution in [0, 0.1) is 13.8 Å². The Morgan fingerprint density at radius 3 is 2.31 bits per heavy atom. The molecular weight excluding hydrogens is 448 g/mol. The van der Waals surface area contributed by atoms with Crippen molar-refractivity contribution >= 4 is 38.2 Å². The number of carbonyl (C=O) groups excluding carboxylic acids is 2. The van der Waals surface area contributed by atoms with Crippen LogP contribution in [0.5, 0.6) is 0 Å². The fourth-order valence-corrected chi connectivity index (χ4v) is 6.88. The van der Waals surface area contributed by atoms with E-state index in [4.69, 9.17) is 4.74 Å². The van der Waals surface area contributed by atoms with Crippen LogP contribution in [0.2, 0.25) is 0 Å². The number of hydrogen-bond acceptors (Lipinski definition) is 6. The van der Waals surface area contributed by atoms with Gasteiger partial charge in [0, 0.05) is 23.0 Å². The fourth-order valence-electron chi connectivity index (χ4n) is 4.15. The third-order valence-corrected chi connectivity index (χ3v) is 9.18. The van der Waals surface area contributed by atoms with Crippen molar-refractivity contribution in [1.29, 1.82) is 0 Å². The van der Waals surface area contributed by atoms with Gasteiger partial charge in [0.25, 0.3) is 5.91 Å². The number of aryl methyl sites for hydroxylation is 1. The number of benzene rings is 1. The van der Waals surface area contributed by atoms with Crippen molar-refractivity contribution in [2.24, 2.45) is 0 Å². The van der Waals surface area contributed by atoms with Crippen LogP contribution in [0.4, 0.5) is 5.00 Å². The summed E-state index contributed by atoms with van der Waals surface area (Å²) in [4.78, 5) is 26.0. The van der Waals surface area contributed by atoms with Gasteiger partial charge >= 0.3 is 5.97 Å². The second kappa shape index (κ2) is 10.1. The number of ether oxygens (including phenoxy) is 1. The standard InChI is InChI=1S/C23H30N2O5S2/c1-5-25(18-9-7-6-8-10-18)32(28,29)19-13-11-17(12-14-19)21(26)24-22-20(23(27)30-4)15(2)16(3)31-22/h11-14,18H,5-10H2,1-4H3,(H,24,26). The molecule has 1 aliphatic rings. The number of anilines is 1. The maximum atomic E-state index is 13.2. The van der Waals surface area contributed by atoms with Gasteiger partial charge in [-0.05, 0) is 56.5 Å². The zero-order chi connectivity index (χ0) is 23.5. The van der Waals surface area contributed by atoms with E-state index in [1.54, 1.807) is 11.2 Å². The van der Waals surface area contributed by atoms with E-state index >= 15 is 0 Å². The van der Waals surface area contributed by atoms with Crippen LogP contribution < -0.4 is 5.32 Å². The Bertz CT molecular complexity index is 1080. The normalized spacial score (nSPS) is 15.0. The van der Waals surface area contributed by atoms with Crippen molar-refractivity contribution in [1.82, 2.24) is 4.31 Å². The van der Waals surface area contributed by atoms with Crippen LogP contribution in [-0.2, 0) is 14.8 Å². The summed E-state index contributed by atoms with van der Waals surface area (Å²) in [6, 6.07) is 5.98. The quantitative estimate of drug-likeness (QED) is 0.580. The predicted molar refractivity (Wildman–Crippen MR) is 126 cm³/mol. The summed E-state index contributed by atoms with van der Waals surface area (Å²) in [6.45, 7) is 5.95. The van der Waals surface area contributed by atoms with Gasteiger partial charge in [-0.2, -0.15) is 4.31 Å². The Kier molecular flexibility index (Phi) is 7.74. The Hall–Kier alpha value is -2.23. The van der Waals surface area contributed by atoms with Gasteiger partial charge in [-0.1, -0.05) is 26.2 Å². The Balaban J connectivity index is 1.80.